The molecule has 0 N–H and O–H groups in total. The fourth-order valence-corrected chi connectivity index (χ4v) is 1.67. The van der Waals surface area contributed by atoms with Crippen molar-refractivity contribution in [2.45, 2.75) is 26.9 Å². The maximum atomic E-state index is 5.85. The highest BCUT2D eigenvalue weighted by molar-refractivity contribution is 6.30. The van der Waals surface area contributed by atoms with Crippen molar-refractivity contribution in [2.75, 3.05) is 0 Å². The van der Waals surface area contributed by atoms with Crippen LogP contribution in [-0.2, 0) is 0 Å². The average Bonchev–Trinajstić information content (AvgIpc) is 2.60. The lowest BCUT2D eigenvalue weighted by molar-refractivity contribution is 0.240. The predicted octanol–water partition coefficient (Wildman–Crippen LogP) is 3.62. The third-order valence-corrected chi connectivity index (χ3v) is 2.56. The Morgan fingerprint density at radius 1 is 1.24 bits per heavy atom. The molecule has 0 aliphatic rings. The Labute approximate surface area is 106 Å². The van der Waals surface area contributed by atoms with Crippen LogP contribution in [-0.4, -0.2) is 15.9 Å². The van der Waals surface area contributed by atoms with Crippen molar-refractivity contribution < 1.29 is 4.74 Å². The molecule has 90 valence electrons. The van der Waals surface area contributed by atoms with E-state index in [0.29, 0.717) is 0 Å². The minimum Gasteiger partial charge on any atom is -0.487 e. The summed E-state index contributed by atoms with van der Waals surface area (Å²) in [5, 5.41) is 5.13. The fraction of sp³-hybridized carbons (Fsp3) is 0.308. The van der Waals surface area contributed by atoms with Crippen LogP contribution in [0, 0.1) is 6.92 Å². The second-order valence-corrected chi connectivity index (χ2v) is 4.60. The Kier molecular flexibility index (Phi) is 3.38. The first-order valence-corrected chi connectivity index (χ1v) is 5.93. The number of hydrogen-bond acceptors (Lipinski definition) is 2. The Bertz CT molecular complexity index is 503. The normalized spacial score (nSPS) is 10.9. The molecule has 0 aliphatic carbocycles. The van der Waals surface area contributed by atoms with Crippen molar-refractivity contribution in [1.82, 2.24) is 9.78 Å². The first-order chi connectivity index (χ1) is 8.06. The molecule has 2 aromatic rings. The van der Waals surface area contributed by atoms with Crippen molar-refractivity contribution in [3.63, 3.8) is 0 Å². The summed E-state index contributed by atoms with van der Waals surface area (Å²) in [6, 6.07) is 7.54. The lowest BCUT2D eigenvalue weighted by atomic mass is 10.3. The van der Waals surface area contributed by atoms with Crippen molar-refractivity contribution in [2.24, 2.45) is 0 Å². The predicted molar refractivity (Wildman–Crippen MR) is 69.1 cm³/mol. The number of benzene rings is 1. The van der Waals surface area contributed by atoms with Crippen LogP contribution in [0.15, 0.2) is 30.5 Å². The van der Waals surface area contributed by atoms with E-state index in [1.165, 1.54) is 0 Å². The van der Waals surface area contributed by atoms with E-state index in [1.54, 1.807) is 4.68 Å². The third kappa shape index (κ3) is 2.80. The van der Waals surface area contributed by atoms with Gasteiger partial charge in [0, 0.05) is 5.02 Å². The summed E-state index contributed by atoms with van der Waals surface area (Å²) in [5.74, 6) is 0.815. The Morgan fingerprint density at radius 2 is 1.88 bits per heavy atom. The van der Waals surface area contributed by atoms with Crippen molar-refractivity contribution in [3.05, 3.63) is 41.2 Å². The molecule has 1 heterocycles. The van der Waals surface area contributed by atoms with E-state index < -0.39 is 0 Å². The van der Waals surface area contributed by atoms with Gasteiger partial charge in [-0.3, -0.25) is 0 Å². The summed E-state index contributed by atoms with van der Waals surface area (Å²) in [7, 11) is 0. The van der Waals surface area contributed by atoms with Gasteiger partial charge in [0.2, 0.25) is 0 Å². The smallest absolute Gasteiger partial charge is 0.160 e. The van der Waals surface area contributed by atoms with Gasteiger partial charge in [-0.25, -0.2) is 4.68 Å². The van der Waals surface area contributed by atoms with E-state index in [9.17, 15) is 0 Å². The van der Waals surface area contributed by atoms with Crippen LogP contribution in [0.2, 0.25) is 5.02 Å². The molecule has 1 aromatic heterocycles. The molecule has 0 unspecified atom stereocenters. The fourth-order valence-electron chi connectivity index (χ4n) is 1.54. The minimum absolute atomic E-state index is 0.150. The molecule has 0 saturated carbocycles. The molecule has 0 amide bonds. The number of ether oxygens (including phenoxy) is 1. The molecule has 0 bridgehead atoms. The summed E-state index contributed by atoms with van der Waals surface area (Å²) in [6.07, 6.45) is 2.04. The molecule has 0 spiro atoms. The molecule has 0 atom stereocenters. The van der Waals surface area contributed by atoms with Crippen LogP contribution in [0.1, 0.15) is 19.5 Å². The summed E-state index contributed by atoms with van der Waals surface area (Å²) in [5.41, 5.74) is 1.85. The van der Waals surface area contributed by atoms with Crippen LogP contribution >= 0.6 is 11.6 Å². The molecule has 0 radical (unpaired) electrons. The van der Waals surface area contributed by atoms with Gasteiger partial charge in [0.1, 0.15) is 5.69 Å². The van der Waals surface area contributed by atoms with Crippen molar-refractivity contribution >= 4 is 11.6 Å². The summed E-state index contributed by atoms with van der Waals surface area (Å²) in [6.45, 7) is 5.93. The second-order valence-electron chi connectivity index (χ2n) is 4.17. The zero-order valence-electron chi connectivity index (χ0n) is 10.1. The van der Waals surface area contributed by atoms with E-state index in [4.69, 9.17) is 16.3 Å². The Balaban J connectivity index is 2.31. The lowest BCUT2D eigenvalue weighted by Crippen LogP contribution is -2.05. The second kappa shape index (κ2) is 4.80. The van der Waals surface area contributed by atoms with E-state index in [-0.39, 0.29) is 6.10 Å². The largest absolute Gasteiger partial charge is 0.487 e. The molecule has 0 aliphatic heterocycles. The van der Waals surface area contributed by atoms with Gasteiger partial charge in [0.25, 0.3) is 0 Å². The summed E-state index contributed by atoms with van der Waals surface area (Å²) >= 11 is 5.85. The molecular formula is C13H15ClN2O. The molecule has 2 rings (SSSR count). The maximum absolute atomic E-state index is 5.85. The van der Waals surface area contributed by atoms with Gasteiger partial charge in [-0.2, -0.15) is 5.10 Å². The Hall–Kier alpha value is -1.48. The van der Waals surface area contributed by atoms with Crippen molar-refractivity contribution in [3.8, 4) is 11.4 Å². The maximum Gasteiger partial charge on any atom is 0.160 e. The van der Waals surface area contributed by atoms with E-state index in [2.05, 4.69) is 5.10 Å². The molecular weight excluding hydrogens is 236 g/mol. The first-order valence-electron chi connectivity index (χ1n) is 5.55. The van der Waals surface area contributed by atoms with Gasteiger partial charge in [-0.15, -0.1) is 0 Å². The molecule has 17 heavy (non-hydrogen) atoms. The van der Waals surface area contributed by atoms with Gasteiger partial charge < -0.3 is 4.74 Å². The van der Waals surface area contributed by atoms with Crippen LogP contribution in [0.25, 0.3) is 5.69 Å². The standard InChI is InChI=1S/C13H15ClN2O/c1-9(2)17-13-8-16(15-10(13)3)12-6-4-11(14)5-7-12/h4-9H,1-3H3. The van der Waals surface area contributed by atoms with Gasteiger partial charge >= 0.3 is 0 Å². The quantitative estimate of drug-likeness (QED) is 0.832. The number of halogens is 1. The van der Waals surface area contributed by atoms with Gasteiger partial charge in [-0.1, -0.05) is 11.6 Å². The number of rotatable bonds is 3. The van der Waals surface area contributed by atoms with E-state index in [1.807, 2.05) is 51.2 Å². The topological polar surface area (TPSA) is 27.1 Å². The van der Waals surface area contributed by atoms with Crippen molar-refractivity contribution in [1.29, 1.82) is 0 Å². The molecule has 0 saturated heterocycles. The van der Waals surface area contributed by atoms with Gasteiger partial charge in [-0.05, 0) is 45.0 Å². The number of aromatic nitrogens is 2. The highest BCUT2D eigenvalue weighted by atomic mass is 35.5. The molecule has 3 nitrogen and oxygen atoms in total. The first kappa shape index (κ1) is 12.0. The molecule has 0 fully saturated rings. The highest BCUT2D eigenvalue weighted by Gasteiger charge is 2.08. The van der Waals surface area contributed by atoms with Crippen LogP contribution in [0.3, 0.4) is 0 Å². The number of hydrogen-bond donors (Lipinski definition) is 0. The zero-order chi connectivity index (χ0) is 12.4. The van der Waals surface area contributed by atoms with Crippen LogP contribution in [0.5, 0.6) is 5.75 Å². The van der Waals surface area contributed by atoms with Crippen LogP contribution in [0.4, 0.5) is 0 Å². The number of aryl methyl sites for hydroxylation is 1. The highest BCUT2D eigenvalue weighted by Crippen LogP contribution is 2.21. The SMILES string of the molecule is Cc1nn(-c2ccc(Cl)cc2)cc1OC(C)C. The minimum atomic E-state index is 0.150. The zero-order valence-corrected chi connectivity index (χ0v) is 10.9. The van der Waals surface area contributed by atoms with Gasteiger partial charge in [0.15, 0.2) is 5.75 Å². The Morgan fingerprint density at radius 3 is 2.47 bits per heavy atom. The van der Waals surface area contributed by atoms with Crippen LogP contribution < -0.4 is 4.74 Å². The summed E-state index contributed by atoms with van der Waals surface area (Å²) in [4.78, 5) is 0. The number of nitrogens with zero attached hydrogens (tertiary/aromatic N) is 2. The average molecular weight is 251 g/mol. The summed E-state index contributed by atoms with van der Waals surface area (Å²) < 4.78 is 7.46. The van der Waals surface area contributed by atoms with E-state index >= 15 is 0 Å². The lowest BCUT2D eigenvalue weighted by Gasteiger charge is -2.06. The third-order valence-electron chi connectivity index (χ3n) is 2.31. The monoisotopic (exact) mass is 250 g/mol. The molecule has 4 heteroatoms. The molecule has 1 aromatic carbocycles. The van der Waals surface area contributed by atoms with Gasteiger partial charge in [0.05, 0.1) is 18.0 Å². The van der Waals surface area contributed by atoms with E-state index in [0.717, 1.165) is 22.2 Å².